The van der Waals surface area contributed by atoms with Crippen LogP contribution in [-0.4, -0.2) is 20.9 Å². The molecule has 0 unspecified atom stereocenters. The molecule has 1 amide bonds. The SMILES string of the molecule is NC(=O)c1cc([N+](=O)[O-])cnc1Oc1ccccc1O. The number of hydrogen-bond donors (Lipinski definition) is 2. The first-order valence-electron chi connectivity index (χ1n) is 5.39. The Kier molecular flexibility index (Phi) is 3.47. The predicted octanol–water partition coefficient (Wildman–Crippen LogP) is 1.59. The number of phenols is 1. The maximum atomic E-state index is 11.3. The minimum Gasteiger partial charge on any atom is -0.504 e. The summed E-state index contributed by atoms with van der Waals surface area (Å²) in [4.78, 5) is 24.9. The number of carbonyl (C=O) groups is 1. The quantitative estimate of drug-likeness (QED) is 0.643. The molecule has 0 spiro atoms. The summed E-state index contributed by atoms with van der Waals surface area (Å²) in [7, 11) is 0. The highest BCUT2D eigenvalue weighted by Gasteiger charge is 2.18. The molecule has 1 aromatic heterocycles. The highest BCUT2D eigenvalue weighted by atomic mass is 16.6. The number of carbonyl (C=O) groups excluding carboxylic acids is 1. The van der Waals surface area contributed by atoms with E-state index in [-0.39, 0.29) is 28.6 Å². The number of nitrogens with zero attached hydrogens (tertiary/aromatic N) is 2. The third kappa shape index (κ3) is 2.64. The maximum absolute atomic E-state index is 11.3. The molecule has 0 radical (unpaired) electrons. The van der Waals surface area contributed by atoms with E-state index in [2.05, 4.69) is 4.98 Å². The van der Waals surface area contributed by atoms with E-state index in [0.29, 0.717) is 0 Å². The van der Waals surface area contributed by atoms with Gasteiger partial charge in [0.2, 0.25) is 5.88 Å². The molecule has 1 aromatic carbocycles. The van der Waals surface area contributed by atoms with Crippen LogP contribution in [0.5, 0.6) is 17.4 Å². The van der Waals surface area contributed by atoms with Crippen molar-refractivity contribution >= 4 is 11.6 Å². The minimum absolute atomic E-state index is 0.0522. The Balaban J connectivity index is 2.44. The summed E-state index contributed by atoms with van der Waals surface area (Å²) >= 11 is 0. The molecule has 0 saturated carbocycles. The summed E-state index contributed by atoms with van der Waals surface area (Å²) in [5, 5.41) is 20.2. The number of primary amides is 1. The molecule has 8 nitrogen and oxygen atoms in total. The van der Waals surface area contributed by atoms with Crippen LogP contribution in [0.1, 0.15) is 10.4 Å². The van der Waals surface area contributed by atoms with Crippen molar-refractivity contribution in [2.75, 3.05) is 0 Å². The number of nitro groups is 1. The molecular weight excluding hydrogens is 266 g/mol. The summed E-state index contributed by atoms with van der Waals surface area (Å²) in [5.74, 6) is -1.25. The molecule has 0 saturated heterocycles. The van der Waals surface area contributed by atoms with Crippen molar-refractivity contribution in [2.24, 2.45) is 5.73 Å². The van der Waals surface area contributed by atoms with E-state index in [1.807, 2.05) is 0 Å². The number of pyridine rings is 1. The molecule has 0 aliphatic rings. The van der Waals surface area contributed by atoms with Crippen LogP contribution in [-0.2, 0) is 0 Å². The van der Waals surface area contributed by atoms with Gasteiger partial charge in [0.15, 0.2) is 11.5 Å². The summed E-state index contributed by atoms with van der Waals surface area (Å²) in [6.45, 7) is 0. The number of hydrogen-bond acceptors (Lipinski definition) is 6. The molecular formula is C12H9N3O5. The lowest BCUT2D eigenvalue weighted by atomic mass is 10.2. The van der Waals surface area contributed by atoms with Crippen molar-refractivity contribution < 1.29 is 19.6 Å². The molecule has 0 aliphatic heterocycles. The Morgan fingerprint density at radius 3 is 2.70 bits per heavy atom. The lowest BCUT2D eigenvalue weighted by molar-refractivity contribution is -0.385. The topological polar surface area (TPSA) is 129 Å². The average molecular weight is 275 g/mol. The number of phenolic OH excluding ortho intramolecular Hbond substituents is 1. The van der Waals surface area contributed by atoms with E-state index in [0.717, 1.165) is 12.3 Å². The third-order valence-electron chi connectivity index (χ3n) is 2.38. The summed E-state index contributed by atoms with van der Waals surface area (Å²) in [5.41, 5.74) is 4.50. The van der Waals surface area contributed by atoms with E-state index in [9.17, 15) is 20.0 Å². The molecule has 0 bridgehead atoms. The number of benzene rings is 1. The second kappa shape index (κ2) is 5.22. The van der Waals surface area contributed by atoms with Crippen molar-refractivity contribution in [3.63, 3.8) is 0 Å². The largest absolute Gasteiger partial charge is 0.504 e. The number of aromatic hydroxyl groups is 1. The van der Waals surface area contributed by atoms with Crippen molar-refractivity contribution in [1.29, 1.82) is 0 Å². The minimum atomic E-state index is -0.924. The lowest BCUT2D eigenvalue weighted by Gasteiger charge is -2.08. The van der Waals surface area contributed by atoms with Gasteiger partial charge in [-0.2, -0.15) is 0 Å². The first kappa shape index (κ1) is 13.3. The fourth-order valence-corrected chi connectivity index (χ4v) is 1.45. The van der Waals surface area contributed by atoms with Crippen molar-refractivity contribution in [1.82, 2.24) is 4.98 Å². The van der Waals surface area contributed by atoms with Gasteiger partial charge in [0.25, 0.3) is 11.6 Å². The monoisotopic (exact) mass is 275 g/mol. The summed E-state index contributed by atoms with van der Waals surface area (Å²) < 4.78 is 5.25. The number of rotatable bonds is 4. The lowest BCUT2D eigenvalue weighted by Crippen LogP contribution is -2.13. The number of nitrogens with two attached hydrogens (primary N) is 1. The van der Waals surface area contributed by atoms with E-state index in [1.54, 1.807) is 12.1 Å². The molecule has 0 fully saturated rings. The van der Waals surface area contributed by atoms with Gasteiger partial charge in [-0.3, -0.25) is 14.9 Å². The predicted molar refractivity (Wildman–Crippen MR) is 67.6 cm³/mol. The maximum Gasteiger partial charge on any atom is 0.288 e. The average Bonchev–Trinajstić information content (AvgIpc) is 2.41. The van der Waals surface area contributed by atoms with Gasteiger partial charge in [-0.25, -0.2) is 4.98 Å². The van der Waals surface area contributed by atoms with Crippen molar-refractivity contribution in [2.45, 2.75) is 0 Å². The van der Waals surface area contributed by atoms with Crippen LogP contribution in [0.15, 0.2) is 36.5 Å². The van der Waals surface area contributed by atoms with Crippen LogP contribution < -0.4 is 10.5 Å². The second-order valence-corrected chi connectivity index (χ2v) is 3.74. The normalized spacial score (nSPS) is 10.0. The van der Waals surface area contributed by atoms with Crippen LogP contribution in [0.4, 0.5) is 5.69 Å². The van der Waals surface area contributed by atoms with Crippen LogP contribution in [0.25, 0.3) is 0 Å². The Hall–Kier alpha value is -3.16. The highest BCUT2D eigenvalue weighted by Crippen LogP contribution is 2.31. The standard InChI is InChI=1S/C12H9N3O5/c13-11(17)8-5-7(15(18)19)6-14-12(8)20-10-4-2-1-3-9(10)16/h1-6,16H,(H2,13,17). The third-order valence-corrected chi connectivity index (χ3v) is 2.38. The van der Waals surface area contributed by atoms with Gasteiger partial charge in [-0.05, 0) is 12.1 Å². The summed E-state index contributed by atoms with van der Waals surface area (Å²) in [6.07, 6.45) is 0.932. The molecule has 0 atom stereocenters. The zero-order chi connectivity index (χ0) is 14.7. The van der Waals surface area contributed by atoms with Crippen LogP contribution >= 0.6 is 0 Å². The molecule has 8 heteroatoms. The van der Waals surface area contributed by atoms with E-state index in [1.165, 1.54) is 12.1 Å². The smallest absolute Gasteiger partial charge is 0.288 e. The van der Waals surface area contributed by atoms with Gasteiger partial charge < -0.3 is 15.6 Å². The molecule has 1 heterocycles. The highest BCUT2D eigenvalue weighted by molar-refractivity contribution is 5.95. The molecule has 20 heavy (non-hydrogen) atoms. The van der Waals surface area contributed by atoms with Gasteiger partial charge in [0.05, 0.1) is 4.92 Å². The number of para-hydroxylation sites is 2. The first-order valence-corrected chi connectivity index (χ1v) is 5.39. The van der Waals surface area contributed by atoms with Crippen molar-refractivity contribution in [3.05, 3.63) is 52.2 Å². The Bertz CT molecular complexity index is 687. The molecule has 102 valence electrons. The van der Waals surface area contributed by atoms with Gasteiger partial charge in [-0.1, -0.05) is 12.1 Å². The van der Waals surface area contributed by atoms with E-state index in [4.69, 9.17) is 10.5 Å². The summed E-state index contributed by atoms with van der Waals surface area (Å²) in [6, 6.07) is 6.98. The van der Waals surface area contributed by atoms with Gasteiger partial charge in [-0.15, -0.1) is 0 Å². The van der Waals surface area contributed by atoms with Gasteiger partial charge in [0.1, 0.15) is 11.8 Å². The fourth-order valence-electron chi connectivity index (χ4n) is 1.45. The Morgan fingerprint density at radius 1 is 1.40 bits per heavy atom. The van der Waals surface area contributed by atoms with E-state index >= 15 is 0 Å². The molecule has 0 aliphatic carbocycles. The fraction of sp³-hybridized carbons (Fsp3) is 0. The Labute approximate surface area is 112 Å². The first-order chi connectivity index (χ1) is 9.49. The second-order valence-electron chi connectivity index (χ2n) is 3.74. The van der Waals surface area contributed by atoms with Crippen LogP contribution in [0, 0.1) is 10.1 Å². The Morgan fingerprint density at radius 2 is 2.10 bits per heavy atom. The zero-order valence-corrected chi connectivity index (χ0v) is 10.0. The molecule has 2 aromatic rings. The van der Waals surface area contributed by atoms with Gasteiger partial charge >= 0.3 is 0 Å². The number of aromatic nitrogens is 1. The van der Waals surface area contributed by atoms with Gasteiger partial charge in [0, 0.05) is 6.07 Å². The molecule has 2 rings (SSSR count). The molecule has 3 N–H and O–H groups in total. The van der Waals surface area contributed by atoms with E-state index < -0.39 is 10.8 Å². The number of ether oxygens (including phenoxy) is 1. The number of amides is 1. The zero-order valence-electron chi connectivity index (χ0n) is 10.0. The van der Waals surface area contributed by atoms with Crippen molar-refractivity contribution in [3.8, 4) is 17.4 Å². The van der Waals surface area contributed by atoms with Crippen LogP contribution in [0.2, 0.25) is 0 Å². The van der Waals surface area contributed by atoms with Crippen LogP contribution in [0.3, 0.4) is 0 Å².